The van der Waals surface area contributed by atoms with Crippen LogP contribution in [0, 0.1) is 4.77 Å². The topological polar surface area (TPSA) is 51.4 Å². The SMILES string of the molecule is S=c1[nH]nc(-c2cc(-c3ccccc3)n(-c3ccc(Cl)cc3)n2)n1-c1ccccc1. The van der Waals surface area contributed by atoms with Gasteiger partial charge in [-0.3, -0.25) is 9.67 Å². The van der Waals surface area contributed by atoms with Crippen LogP contribution in [-0.2, 0) is 0 Å². The van der Waals surface area contributed by atoms with Gasteiger partial charge in [0.05, 0.1) is 17.1 Å². The molecule has 3 aromatic carbocycles. The predicted octanol–water partition coefficient (Wildman–Crippen LogP) is 6.10. The number of H-pyrrole nitrogens is 1. The summed E-state index contributed by atoms with van der Waals surface area (Å²) in [6, 6.07) is 29.6. The van der Waals surface area contributed by atoms with Gasteiger partial charge in [-0.05, 0) is 54.7 Å². The molecule has 7 heteroatoms. The lowest BCUT2D eigenvalue weighted by atomic mass is 10.1. The van der Waals surface area contributed by atoms with Crippen LogP contribution in [0.1, 0.15) is 0 Å². The third kappa shape index (κ3) is 3.36. The van der Waals surface area contributed by atoms with Crippen molar-refractivity contribution in [3.05, 3.63) is 101 Å². The van der Waals surface area contributed by atoms with Crippen LogP contribution in [0.4, 0.5) is 0 Å². The van der Waals surface area contributed by atoms with Crippen molar-refractivity contribution in [1.82, 2.24) is 24.5 Å². The van der Waals surface area contributed by atoms with Crippen LogP contribution in [0.25, 0.3) is 34.2 Å². The van der Waals surface area contributed by atoms with E-state index in [1.807, 2.05) is 88.1 Å². The summed E-state index contributed by atoms with van der Waals surface area (Å²) in [4.78, 5) is 0. The van der Waals surface area contributed by atoms with Crippen molar-refractivity contribution in [1.29, 1.82) is 0 Å². The van der Waals surface area contributed by atoms with Crippen LogP contribution < -0.4 is 0 Å². The molecule has 0 aliphatic rings. The summed E-state index contributed by atoms with van der Waals surface area (Å²) in [6.45, 7) is 0. The number of nitrogens with zero attached hydrogens (tertiary/aromatic N) is 4. The molecule has 2 heterocycles. The van der Waals surface area contributed by atoms with E-state index in [0.717, 1.165) is 22.6 Å². The van der Waals surface area contributed by atoms with Crippen molar-refractivity contribution in [3.63, 3.8) is 0 Å². The van der Waals surface area contributed by atoms with Crippen LogP contribution in [0.5, 0.6) is 0 Å². The Kier molecular flexibility index (Phi) is 4.78. The summed E-state index contributed by atoms with van der Waals surface area (Å²) in [5, 5.41) is 12.9. The monoisotopic (exact) mass is 429 g/mol. The van der Waals surface area contributed by atoms with Crippen LogP contribution in [-0.4, -0.2) is 24.5 Å². The molecular weight excluding hydrogens is 414 g/mol. The summed E-state index contributed by atoms with van der Waals surface area (Å²) < 4.78 is 4.30. The molecule has 0 unspecified atom stereocenters. The fourth-order valence-electron chi connectivity index (χ4n) is 3.37. The molecule has 0 aliphatic heterocycles. The fraction of sp³-hybridized carbons (Fsp3) is 0. The summed E-state index contributed by atoms with van der Waals surface area (Å²) >= 11 is 11.6. The number of nitrogens with one attached hydrogen (secondary N) is 1. The van der Waals surface area contributed by atoms with Crippen molar-refractivity contribution in [2.45, 2.75) is 0 Å². The Morgan fingerprint density at radius 1 is 0.800 bits per heavy atom. The summed E-state index contributed by atoms with van der Waals surface area (Å²) in [7, 11) is 0. The van der Waals surface area contributed by atoms with Crippen molar-refractivity contribution < 1.29 is 0 Å². The molecule has 0 radical (unpaired) electrons. The van der Waals surface area contributed by atoms with Crippen molar-refractivity contribution in [2.24, 2.45) is 0 Å². The van der Waals surface area contributed by atoms with Crippen LogP contribution >= 0.6 is 23.8 Å². The average molecular weight is 430 g/mol. The number of aromatic nitrogens is 5. The fourth-order valence-corrected chi connectivity index (χ4v) is 3.73. The van der Waals surface area contributed by atoms with Gasteiger partial charge in [-0.25, -0.2) is 4.68 Å². The zero-order chi connectivity index (χ0) is 20.5. The molecule has 0 fully saturated rings. The number of hydrogen-bond acceptors (Lipinski definition) is 3. The molecule has 5 aromatic rings. The van der Waals surface area contributed by atoms with E-state index in [2.05, 4.69) is 22.3 Å². The second-order valence-electron chi connectivity index (χ2n) is 6.69. The standard InChI is InChI=1S/C23H16ClN5S/c24-17-11-13-19(14-12-17)29-21(16-7-3-1-4-8-16)15-20(27-29)22-25-26-23(30)28(22)18-9-5-2-6-10-18/h1-15H,(H,26,30). The summed E-state index contributed by atoms with van der Waals surface area (Å²) in [6.07, 6.45) is 0. The minimum Gasteiger partial charge on any atom is -0.267 e. The van der Waals surface area contributed by atoms with Gasteiger partial charge in [0.2, 0.25) is 0 Å². The van der Waals surface area contributed by atoms with E-state index in [1.54, 1.807) is 0 Å². The Balaban J connectivity index is 1.72. The molecule has 0 aliphatic carbocycles. The molecule has 1 N–H and O–H groups in total. The van der Waals surface area contributed by atoms with Gasteiger partial charge in [-0.15, -0.1) is 0 Å². The number of aromatic amines is 1. The lowest BCUT2D eigenvalue weighted by Crippen LogP contribution is -2.01. The zero-order valence-electron chi connectivity index (χ0n) is 15.7. The van der Waals surface area contributed by atoms with Crippen LogP contribution in [0.2, 0.25) is 5.02 Å². The van der Waals surface area contributed by atoms with E-state index in [9.17, 15) is 0 Å². The quantitative estimate of drug-likeness (QED) is 0.351. The molecule has 0 saturated carbocycles. The van der Waals surface area contributed by atoms with Crippen LogP contribution in [0.15, 0.2) is 91.0 Å². The smallest absolute Gasteiger partial charge is 0.200 e. The lowest BCUT2D eigenvalue weighted by Gasteiger charge is -2.07. The Hall–Kier alpha value is -3.48. The molecule has 0 saturated heterocycles. The Morgan fingerprint density at radius 3 is 2.17 bits per heavy atom. The maximum atomic E-state index is 6.09. The van der Waals surface area contributed by atoms with E-state index in [1.165, 1.54) is 0 Å². The molecule has 2 aromatic heterocycles. The van der Waals surface area contributed by atoms with E-state index in [0.29, 0.717) is 21.3 Å². The third-order valence-corrected chi connectivity index (χ3v) is 5.29. The first-order chi connectivity index (χ1) is 14.7. The van der Waals surface area contributed by atoms with Crippen molar-refractivity contribution in [2.75, 3.05) is 0 Å². The molecule has 5 nitrogen and oxygen atoms in total. The number of para-hydroxylation sites is 1. The minimum absolute atomic E-state index is 0.513. The molecular formula is C23H16ClN5S. The second kappa shape index (κ2) is 7.74. The van der Waals surface area contributed by atoms with E-state index < -0.39 is 0 Å². The van der Waals surface area contributed by atoms with Gasteiger partial charge in [-0.1, -0.05) is 60.1 Å². The predicted molar refractivity (Wildman–Crippen MR) is 122 cm³/mol. The summed E-state index contributed by atoms with van der Waals surface area (Å²) in [5.74, 6) is 0.649. The highest BCUT2D eigenvalue weighted by Crippen LogP contribution is 2.29. The van der Waals surface area contributed by atoms with Gasteiger partial charge in [0.15, 0.2) is 10.6 Å². The van der Waals surface area contributed by atoms with E-state index >= 15 is 0 Å². The van der Waals surface area contributed by atoms with E-state index in [-0.39, 0.29) is 0 Å². The number of hydrogen-bond donors (Lipinski definition) is 1. The van der Waals surface area contributed by atoms with Crippen molar-refractivity contribution >= 4 is 23.8 Å². The van der Waals surface area contributed by atoms with Gasteiger partial charge in [0.25, 0.3) is 0 Å². The summed E-state index contributed by atoms with van der Waals surface area (Å²) in [5.41, 5.74) is 4.53. The van der Waals surface area contributed by atoms with Gasteiger partial charge < -0.3 is 0 Å². The number of rotatable bonds is 4. The van der Waals surface area contributed by atoms with Gasteiger partial charge >= 0.3 is 0 Å². The molecule has 0 spiro atoms. The van der Waals surface area contributed by atoms with Crippen molar-refractivity contribution in [3.8, 4) is 34.2 Å². The molecule has 0 bridgehead atoms. The first-order valence-corrected chi connectivity index (χ1v) is 10.1. The highest BCUT2D eigenvalue weighted by Gasteiger charge is 2.18. The zero-order valence-corrected chi connectivity index (χ0v) is 17.3. The highest BCUT2D eigenvalue weighted by atomic mass is 35.5. The highest BCUT2D eigenvalue weighted by molar-refractivity contribution is 7.71. The van der Waals surface area contributed by atoms with E-state index in [4.69, 9.17) is 28.9 Å². The number of halogens is 1. The average Bonchev–Trinajstić information content (AvgIpc) is 3.39. The van der Waals surface area contributed by atoms with Gasteiger partial charge in [-0.2, -0.15) is 10.2 Å². The Bertz CT molecular complexity index is 1350. The maximum absolute atomic E-state index is 6.09. The molecule has 5 rings (SSSR count). The van der Waals surface area contributed by atoms with Gasteiger partial charge in [0.1, 0.15) is 5.69 Å². The van der Waals surface area contributed by atoms with Crippen LogP contribution in [0.3, 0.4) is 0 Å². The second-order valence-corrected chi connectivity index (χ2v) is 7.52. The van der Waals surface area contributed by atoms with Gasteiger partial charge in [0, 0.05) is 10.6 Å². The minimum atomic E-state index is 0.513. The first-order valence-electron chi connectivity index (χ1n) is 9.35. The third-order valence-electron chi connectivity index (χ3n) is 4.77. The molecule has 0 amide bonds. The molecule has 146 valence electrons. The number of benzene rings is 3. The molecule has 0 atom stereocenters. The largest absolute Gasteiger partial charge is 0.267 e. The Labute approximate surface area is 183 Å². The normalized spacial score (nSPS) is 11.0. The first kappa shape index (κ1) is 18.5. The maximum Gasteiger partial charge on any atom is 0.200 e. The molecule has 30 heavy (non-hydrogen) atoms. The Morgan fingerprint density at radius 2 is 1.47 bits per heavy atom. The lowest BCUT2D eigenvalue weighted by molar-refractivity contribution is 0.882.